The van der Waals surface area contributed by atoms with Gasteiger partial charge in [0.2, 0.25) is 5.91 Å². The van der Waals surface area contributed by atoms with E-state index in [1.807, 2.05) is 0 Å². The van der Waals surface area contributed by atoms with Gasteiger partial charge in [0.25, 0.3) is 0 Å². The number of carbonyl (C=O) groups excluding carboxylic acids is 1. The lowest BCUT2D eigenvalue weighted by molar-refractivity contribution is -0.145. The third-order valence-corrected chi connectivity index (χ3v) is 5.07. The number of aliphatic carboxylic acids is 1. The highest BCUT2D eigenvalue weighted by Crippen LogP contribution is 2.50. The molecule has 0 bridgehead atoms. The number of rotatable bonds is 4. The van der Waals surface area contributed by atoms with Crippen LogP contribution in [-0.4, -0.2) is 38.9 Å². The number of fused-ring (bicyclic) bond motifs is 1. The Morgan fingerprint density at radius 3 is 3.00 bits per heavy atom. The summed E-state index contributed by atoms with van der Waals surface area (Å²) in [6, 6.07) is 0. The van der Waals surface area contributed by atoms with Gasteiger partial charge in [-0.1, -0.05) is 11.8 Å². The molecule has 0 radical (unpaired) electrons. The molecule has 2 aliphatic heterocycles. The fraction of sp³-hybridized carbons (Fsp3) is 0.500. The molecule has 1 atom stereocenters. The number of carboxylic acid groups (broad SMARTS) is 1. The standard InChI is InChI=1S/C8H8ClNO3S2/c9-1-2-14-8-6(7(12)13)10-4(11)3-5(10)15-8/h5H,1-3H2,(H,12,13)/t5-/m0/s1. The number of thioether (sulfide) groups is 2. The quantitative estimate of drug-likeness (QED) is 0.617. The van der Waals surface area contributed by atoms with Crippen molar-refractivity contribution in [1.82, 2.24) is 4.90 Å². The van der Waals surface area contributed by atoms with Gasteiger partial charge in [-0.15, -0.1) is 23.4 Å². The summed E-state index contributed by atoms with van der Waals surface area (Å²) in [6.45, 7) is 0. The summed E-state index contributed by atoms with van der Waals surface area (Å²) in [5, 5.41) is 9.01. The number of nitrogens with zero attached hydrogens (tertiary/aromatic N) is 1. The number of halogens is 1. The summed E-state index contributed by atoms with van der Waals surface area (Å²) in [6.07, 6.45) is 0.437. The van der Waals surface area contributed by atoms with Crippen molar-refractivity contribution in [1.29, 1.82) is 0 Å². The van der Waals surface area contributed by atoms with E-state index >= 15 is 0 Å². The summed E-state index contributed by atoms with van der Waals surface area (Å²) in [4.78, 5) is 23.6. The zero-order valence-electron chi connectivity index (χ0n) is 7.60. The summed E-state index contributed by atoms with van der Waals surface area (Å²) < 4.78 is 0.707. The minimum absolute atomic E-state index is 0.00132. The average molecular weight is 266 g/mol. The molecule has 0 aromatic heterocycles. The number of alkyl halides is 1. The van der Waals surface area contributed by atoms with Gasteiger partial charge in [0, 0.05) is 11.6 Å². The number of carbonyl (C=O) groups is 2. The second kappa shape index (κ2) is 4.27. The van der Waals surface area contributed by atoms with Crippen LogP contribution in [0.5, 0.6) is 0 Å². The molecule has 0 saturated carbocycles. The van der Waals surface area contributed by atoms with Crippen LogP contribution < -0.4 is 0 Å². The van der Waals surface area contributed by atoms with E-state index in [9.17, 15) is 9.59 Å². The van der Waals surface area contributed by atoms with Crippen LogP contribution in [0.15, 0.2) is 9.93 Å². The topological polar surface area (TPSA) is 57.6 Å². The van der Waals surface area contributed by atoms with Crippen molar-refractivity contribution in [2.45, 2.75) is 11.8 Å². The molecule has 2 rings (SSSR count). The molecule has 0 unspecified atom stereocenters. The highest BCUT2D eigenvalue weighted by molar-refractivity contribution is 8.22. The maximum atomic E-state index is 11.2. The van der Waals surface area contributed by atoms with Crippen molar-refractivity contribution < 1.29 is 14.7 Å². The van der Waals surface area contributed by atoms with Crippen LogP contribution in [0.1, 0.15) is 6.42 Å². The number of hydrogen-bond acceptors (Lipinski definition) is 4. The highest BCUT2D eigenvalue weighted by Gasteiger charge is 2.48. The van der Waals surface area contributed by atoms with Gasteiger partial charge in [0.1, 0.15) is 0 Å². The van der Waals surface area contributed by atoms with E-state index < -0.39 is 5.97 Å². The lowest BCUT2D eigenvalue weighted by Gasteiger charge is -2.33. The molecule has 0 aromatic rings. The molecular formula is C8H8ClNO3S2. The molecule has 7 heteroatoms. The predicted octanol–water partition coefficient (Wildman–Crippen LogP) is 1.52. The molecule has 0 aliphatic carbocycles. The molecule has 15 heavy (non-hydrogen) atoms. The minimum Gasteiger partial charge on any atom is -0.477 e. The van der Waals surface area contributed by atoms with Crippen molar-refractivity contribution in [3.63, 3.8) is 0 Å². The summed E-state index contributed by atoms with van der Waals surface area (Å²) >= 11 is 8.40. The van der Waals surface area contributed by atoms with Gasteiger partial charge in [-0.05, 0) is 0 Å². The first-order valence-corrected chi connectivity index (χ1v) is 6.70. The van der Waals surface area contributed by atoms with E-state index in [0.717, 1.165) is 0 Å². The van der Waals surface area contributed by atoms with Gasteiger partial charge < -0.3 is 5.11 Å². The van der Waals surface area contributed by atoms with E-state index in [1.54, 1.807) is 0 Å². The third kappa shape index (κ3) is 1.86. The lowest BCUT2D eigenvalue weighted by Crippen LogP contribution is -2.48. The van der Waals surface area contributed by atoms with Crippen molar-refractivity contribution >= 4 is 47.0 Å². The Bertz CT molecular complexity index is 358. The van der Waals surface area contributed by atoms with Gasteiger partial charge in [-0.3, -0.25) is 9.69 Å². The summed E-state index contributed by atoms with van der Waals surface area (Å²) in [5.74, 6) is -0.00292. The van der Waals surface area contributed by atoms with Crippen LogP contribution in [0.3, 0.4) is 0 Å². The average Bonchev–Trinajstić information content (AvgIpc) is 2.47. The van der Waals surface area contributed by atoms with Crippen LogP contribution in [0, 0.1) is 0 Å². The number of carboxylic acids is 1. The Morgan fingerprint density at radius 2 is 2.47 bits per heavy atom. The van der Waals surface area contributed by atoms with Gasteiger partial charge in [0.15, 0.2) is 5.70 Å². The number of hydrogen-bond donors (Lipinski definition) is 1. The maximum Gasteiger partial charge on any atom is 0.354 e. The Morgan fingerprint density at radius 1 is 1.73 bits per heavy atom. The molecular weight excluding hydrogens is 258 g/mol. The van der Waals surface area contributed by atoms with Crippen molar-refractivity contribution in [3.8, 4) is 0 Å². The van der Waals surface area contributed by atoms with Crippen LogP contribution in [0.4, 0.5) is 0 Å². The zero-order chi connectivity index (χ0) is 11.0. The predicted molar refractivity (Wildman–Crippen MR) is 60.7 cm³/mol. The van der Waals surface area contributed by atoms with Crippen molar-refractivity contribution in [3.05, 3.63) is 9.93 Å². The Balaban J connectivity index is 2.19. The Hall–Kier alpha value is -0.330. The SMILES string of the molecule is O=C(O)C1=C(SCCCl)S[C@H]2CC(=O)N12. The molecule has 2 heterocycles. The minimum atomic E-state index is -1.03. The maximum absolute atomic E-state index is 11.2. The summed E-state index contributed by atoms with van der Waals surface area (Å²) in [5.41, 5.74) is 0.136. The molecule has 4 nitrogen and oxygen atoms in total. The molecule has 2 aliphatic rings. The summed E-state index contributed by atoms with van der Waals surface area (Å²) in [7, 11) is 0. The number of β-lactam (4-membered cyclic amide) rings is 1. The molecule has 1 amide bonds. The first-order valence-electron chi connectivity index (χ1n) is 4.30. The van der Waals surface area contributed by atoms with Gasteiger partial charge in [-0.2, -0.15) is 0 Å². The Kier molecular flexibility index (Phi) is 3.18. The fourth-order valence-electron chi connectivity index (χ4n) is 1.45. The molecule has 82 valence electrons. The van der Waals surface area contributed by atoms with Crippen LogP contribution in [-0.2, 0) is 9.59 Å². The first-order chi connectivity index (χ1) is 7.15. The first kappa shape index (κ1) is 11.2. The van der Waals surface area contributed by atoms with E-state index in [-0.39, 0.29) is 17.0 Å². The molecule has 1 N–H and O–H groups in total. The highest BCUT2D eigenvalue weighted by atomic mass is 35.5. The van der Waals surface area contributed by atoms with E-state index in [0.29, 0.717) is 22.3 Å². The lowest BCUT2D eigenvalue weighted by atomic mass is 10.2. The van der Waals surface area contributed by atoms with Crippen LogP contribution in [0.25, 0.3) is 0 Å². The monoisotopic (exact) mass is 265 g/mol. The molecule has 0 aromatic carbocycles. The van der Waals surface area contributed by atoms with Gasteiger partial charge >= 0.3 is 5.97 Å². The number of amides is 1. The van der Waals surface area contributed by atoms with Crippen molar-refractivity contribution in [2.24, 2.45) is 0 Å². The largest absolute Gasteiger partial charge is 0.477 e. The van der Waals surface area contributed by atoms with Crippen LogP contribution >= 0.6 is 35.1 Å². The second-order valence-electron chi connectivity index (χ2n) is 3.02. The molecule has 1 saturated heterocycles. The van der Waals surface area contributed by atoms with Crippen molar-refractivity contribution in [2.75, 3.05) is 11.6 Å². The van der Waals surface area contributed by atoms with Gasteiger partial charge in [0.05, 0.1) is 16.0 Å². The second-order valence-corrected chi connectivity index (χ2v) is 5.95. The van der Waals surface area contributed by atoms with E-state index in [1.165, 1.54) is 28.4 Å². The van der Waals surface area contributed by atoms with E-state index in [2.05, 4.69) is 0 Å². The normalized spacial score (nSPS) is 24.2. The molecule has 0 spiro atoms. The smallest absolute Gasteiger partial charge is 0.354 e. The Labute approximate surface area is 100 Å². The third-order valence-electron chi connectivity index (χ3n) is 2.10. The van der Waals surface area contributed by atoms with Crippen LogP contribution in [0.2, 0.25) is 0 Å². The van der Waals surface area contributed by atoms with Gasteiger partial charge in [-0.25, -0.2) is 4.79 Å². The van der Waals surface area contributed by atoms with E-state index in [4.69, 9.17) is 16.7 Å². The molecule has 1 fully saturated rings. The zero-order valence-corrected chi connectivity index (χ0v) is 9.99. The fourth-order valence-corrected chi connectivity index (χ4v) is 4.22.